The van der Waals surface area contributed by atoms with Gasteiger partial charge in [-0.1, -0.05) is 29.8 Å². The third kappa shape index (κ3) is 4.75. The molecule has 0 saturated carbocycles. The summed E-state index contributed by atoms with van der Waals surface area (Å²) >= 11 is 0. The van der Waals surface area contributed by atoms with Gasteiger partial charge in [0.25, 0.3) is 0 Å². The molecule has 1 N–H and O–H groups in total. The summed E-state index contributed by atoms with van der Waals surface area (Å²) in [4.78, 5) is 24.7. The molecule has 1 aliphatic heterocycles. The monoisotopic (exact) mass is 343 g/mol. The molecule has 0 spiro atoms. The third-order valence-corrected chi connectivity index (χ3v) is 4.72. The van der Waals surface area contributed by atoms with Crippen LogP contribution in [0.2, 0.25) is 0 Å². The summed E-state index contributed by atoms with van der Waals surface area (Å²) in [6.07, 6.45) is -0.0292. The number of carboxylic acid groups (broad SMARTS) is 1. The minimum Gasteiger partial charge on any atom is -0.480 e. The smallest absolute Gasteiger partial charge is 0.326 e. The van der Waals surface area contributed by atoms with E-state index in [1.54, 1.807) is 12.1 Å². The van der Waals surface area contributed by atoms with E-state index < -0.39 is 39.8 Å². The van der Waals surface area contributed by atoms with Crippen LogP contribution in [0.4, 0.5) is 3.89 Å². The molecular weight excluding hydrogens is 325 g/mol. The van der Waals surface area contributed by atoms with Gasteiger partial charge in [-0.3, -0.25) is 4.79 Å². The van der Waals surface area contributed by atoms with Crippen LogP contribution in [0.25, 0.3) is 0 Å². The fraction of sp³-hybridized carbons (Fsp3) is 0.467. The number of hydrogen-bond donors (Lipinski definition) is 1. The average molecular weight is 343 g/mol. The molecule has 1 heterocycles. The fourth-order valence-electron chi connectivity index (χ4n) is 2.90. The highest BCUT2D eigenvalue weighted by Crippen LogP contribution is 2.24. The van der Waals surface area contributed by atoms with Crippen molar-refractivity contribution in [3.05, 3.63) is 35.4 Å². The second-order valence-electron chi connectivity index (χ2n) is 5.87. The van der Waals surface area contributed by atoms with E-state index in [0.717, 1.165) is 16.0 Å². The topological polar surface area (TPSA) is 91.8 Å². The molecule has 1 fully saturated rings. The Balaban J connectivity index is 2.15. The van der Waals surface area contributed by atoms with E-state index in [0.29, 0.717) is 0 Å². The third-order valence-electron chi connectivity index (χ3n) is 3.85. The van der Waals surface area contributed by atoms with Gasteiger partial charge in [-0.15, -0.1) is 3.89 Å². The molecule has 1 saturated heterocycles. The van der Waals surface area contributed by atoms with Crippen molar-refractivity contribution in [3.8, 4) is 0 Å². The van der Waals surface area contributed by atoms with E-state index in [2.05, 4.69) is 0 Å². The highest BCUT2D eigenvalue weighted by atomic mass is 32.3. The second-order valence-corrected chi connectivity index (χ2v) is 7.28. The predicted molar refractivity (Wildman–Crippen MR) is 81.0 cm³/mol. The van der Waals surface area contributed by atoms with Gasteiger partial charge in [0, 0.05) is 25.3 Å². The SMILES string of the molecule is Cc1cccc(C[C@@H](C(=O)O)N2CC(CS(=O)(=O)F)CC2=O)c1. The van der Waals surface area contributed by atoms with E-state index in [1.165, 1.54) is 0 Å². The molecule has 0 bridgehead atoms. The molecule has 1 aromatic carbocycles. The fourth-order valence-corrected chi connectivity index (χ4v) is 3.68. The first-order valence-corrected chi connectivity index (χ1v) is 8.71. The molecule has 8 heteroatoms. The van der Waals surface area contributed by atoms with E-state index in [9.17, 15) is 27.0 Å². The first-order chi connectivity index (χ1) is 10.7. The molecular formula is C15H18FNO5S. The zero-order chi connectivity index (χ0) is 17.2. The Labute approximate surface area is 134 Å². The van der Waals surface area contributed by atoms with Gasteiger partial charge in [-0.25, -0.2) is 4.79 Å². The van der Waals surface area contributed by atoms with Crippen molar-refractivity contribution >= 4 is 22.1 Å². The summed E-state index contributed by atoms with van der Waals surface area (Å²) in [5, 5.41) is 9.41. The molecule has 126 valence electrons. The van der Waals surface area contributed by atoms with Gasteiger partial charge in [0.05, 0.1) is 5.75 Å². The summed E-state index contributed by atoms with van der Waals surface area (Å²) in [6.45, 7) is 1.81. The lowest BCUT2D eigenvalue weighted by Gasteiger charge is -2.25. The lowest BCUT2D eigenvalue weighted by Crippen LogP contribution is -2.43. The number of amides is 1. The summed E-state index contributed by atoms with van der Waals surface area (Å²) in [6, 6.07) is 6.19. The van der Waals surface area contributed by atoms with Crippen molar-refractivity contribution in [1.29, 1.82) is 0 Å². The first kappa shape index (κ1) is 17.4. The number of aryl methyl sites for hydroxylation is 1. The Hall–Kier alpha value is -1.96. The minimum absolute atomic E-state index is 0.0647. The van der Waals surface area contributed by atoms with E-state index in [1.807, 2.05) is 19.1 Å². The Bertz CT molecular complexity index is 718. The number of halogens is 1. The maximum Gasteiger partial charge on any atom is 0.326 e. The lowest BCUT2D eigenvalue weighted by atomic mass is 10.0. The van der Waals surface area contributed by atoms with Crippen molar-refractivity contribution in [3.63, 3.8) is 0 Å². The normalized spacial score (nSPS) is 19.8. The Kier molecular flexibility index (Phi) is 5.03. The highest BCUT2D eigenvalue weighted by molar-refractivity contribution is 7.86. The number of likely N-dealkylation sites (tertiary alicyclic amines) is 1. The largest absolute Gasteiger partial charge is 0.480 e. The molecule has 1 aromatic rings. The zero-order valence-corrected chi connectivity index (χ0v) is 13.4. The number of rotatable bonds is 6. The summed E-state index contributed by atoms with van der Waals surface area (Å²) < 4.78 is 34.2. The van der Waals surface area contributed by atoms with Gasteiger partial charge in [0.15, 0.2) is 0 Å². The molecule has 2 atom stereocenters. The molecule has 2 rings (SSSR count). The molecule has 1 amide bonds. The molecule has 0 aliphatic carbocycles. The zero-order valence-electron chi connectivity index (χ0n) is 12.6. The number of benzene rings is 1. The van der Waals surface area contributed by atoms with Crippen LogP contribution < -0.4 is 0 Å². The minimum atomic E-state index is -4.69. The second kappa shape index (κ2) is 6.66. The number of hydrogen-bond acceptors (Lipinski definition) is 4. The Morgan fingerprint density at radius 3 is 2.74 bits per heavy atom. The van der Waals surface area contributed by atoms with E-state index >= 15 is 0 Å². The number of carboxylic acids is 1. The predicted octanol–water partition coefficient (Wildman–Crippen LogP) is 1.14. The molecule has 23 heavy (non-hydrogen) atoms. The Morgan fingerprint density at radius 2 is 2.17 bits per heavy atom. The van der Waals surface area contributed by atoms with Crippen LogP contribution in [0.1, 0.15) is 17.5 Å². The first-order valence-electron chi connectivity index (χ1n) is 7.16. The lowest BCUT2D eigenvalue weighted by molar-refractivity contribution is -0.148. The molecule has 0 aromatic heterocycles. The van der Waals surface area contributed by atoms with Crippen molar-refractivity contribution < 1.29 is 27.0 Å². The molecule has 1 unspecified atom stereocenters. The van der Waals surface area contributed by atoms with E-state index in [4.69, 9.17) is 0 Å². The maximum atomic E-state index is 12.8. The molecule has 0 radical (unpaired) electrons. The van der Waals surface area contributed by atoms with Crippen LogP contribution in [0, 0.1) is 12.8 Å². The summed E-state index contributed by atoms with van der Waals surface area (Å²) in [5.41, 5.74) is 1.74. The maximum absolute atomic E-state index is 12.8. The quantitative estimate of drug-likeness (QED) is 0.782. The van der Waals surface area contributed by atoms with Crippen LogP contribution in [-0.2, 0) is 26.2 Å². The van der Waals surface area contributed by atoms with Crippen molar-refractivity contribution in [2.75, 3.05) is 12.3 Å². The van der Waals surface area contributed by atoms with Crippen LogP contribution in [0.5, 0.6) is 0 Å². The summed E-state index contributed by atoms with van der Waals surface area (Å²) in [5.74, 6) is -3.09. The molecule has 6 nitrogen and oxygen atoms in total. The van der Waals surface area contributed by atoms with Gasteiger partial charge in [-0.2, -0.15) is 8.42 Å². The van der Waals surface area contributed by atoms with Crippen LogP contribution in [0.15, 0.2) is 24.3 Å². The standard InChI is InChI=1S/C15H18FNO5S/c1-10-3-2-4-11(5-10)6-13(15(19)20)17-8-12(7-14(17)18)9-23(16,21)22/h2-5,12-13H,6-9H2,1H3,(H,19,20)/t12?,13-/m0/s1. The van der Waals surface area contributed by atoms with Gasteiger partial charge in [-0.05, 0) is 12.5 Å². The van der Waals surface area contributed by atoms with Gasteiger partial charge in [0.1, 0.15) is 6.04 Å². The van der Waals surface area contributed by atoms with Crippen molar-refractivity contribution in [2.24, 2.45) is 5.92 Å². The summed E-state index contributed by atoms with van der Waals surface area (Å²) in [7, 11) is -4.69. The Morgan fingerprint density at radius 1 is 1.48 bits per heavy atom. The molecule has 1 aliphatic rings. The number of carbonyl (C=O) groups excluding carboxylic acids is 1. The van der Waals surface area contributed by atoms with Gasteiger partial charge < -0.3 is 10.0 Å². The van der Waals surface area contributed by atoms with Crippen LogP contribution in [-0.4, -0.2) is 48.6 Å². The van der Waals surface area contributed by atoms with Crippen molar-refractivity contribution in [1.82, 2.24) is 4.90 Å². The number of nitrogens with zero attached hydrogens (tertiary/aromatic N) is 1. The van der Waals surface area contributed by atoms with Gasteiger partial charge >= 0.3 is 16.2 Å². The van der Waals surface area contributed by atoms with Crippen molar-refractivity contribution in [2.45, 2.75) is 25.8 Å². The van der Waals surface area contributed by atoms with Gasteiger partial charge in [0.2, 0.25) is 5.91 Å². The average Bonchev–Trinajstić information content (AvgIpc) is 2.74. The number of aliphatic carboxylic acids is 1. The van der Waals surface area contributed by atoms with Crippen LogP contribution >= 0.6 is 0 Å². The number of carbonyl (C=O) groups is 2. The van der Waals surface area contributed by atoms with E-state index in [-0.39, 0.29) is 19.4 Å². The highest BCUT2D eigenvalue weighted by Gasteiger charge is 2.39. The van der Waals surface area contributed by atoms with Crippen LogP contribution in [0.3, 0.4) is 0 Å².